The topological polar surface area (TPSA) is 25.2 Å². The molecule has 1 heterocycles. The van der Waals surface area contributed by atoms with Gasteiger partial charge in [-0.2, -0.15) is 0 Å². The van der Waals surface area contributed by atoms with E-state index in [1.165, 1.54) is 16.5 Å². The fourth-order valence-electron chi connectivity index (χ4n) is 2.48. The summed E-state index contributed by atoms with van der Waals surface area (Å²) in [5.41, 5.74) is 3.60. The summed E-state index contributed by atoms with van der Waals surface area (Å²) in [6.07, 6.45) is 3.44. The number of benzene rings is 1. The van der Waals surface area contributed by atoms with Crippen LogP contribution in [0.5, 0.6) is 0 Å². The molecule has 19 heavy (non-hydrogen) atoms. The van der Waals surface area contributed by atoms with Gasteiger partial charge < -0.3 is 9.73 Å². The molecule has 0 aliphatic heterocycles. The highest BCUT2D eigenvalue weighted by molar-refractivity contribution is 5.82. The van der Waals surface area contributed by atoms with Crippen molar-refractivity contribution < 1.29 is 4.42 Å². The van der Waals surface area contributed by atoms with Crippen molar-refractivity contribution >= 4 is 11.0 Å². The molecule has 1 atom stereocenters. The summed E-state index contributed by atoms with van der Waals surface area (Å²) in [5, 5.41) is 4.81. The van der Waals surface area contributed by atoms with E-state index >= 15 is 0 Å². The van der Waals surface area contributed by atoms with Gasteiger partial charge in [0.05, 0.1) is 6.04 Å². The molecule has 0 fully saturated rings. The minimum absolute atomic E-state index is 0.344. The molecule has 0 aliphatic rings. The van der Waals surface area contributed by atoms with Gasteiger partial charge in [-0.1, -0.05) is 32.4 Å². The van der Waals surface area contributed by atoms with Gasteiger partial charge in [0.25, 0.3) is 0 Å². The van der Waals surface area contributed by atoms with E-state index in [1.54, 1.807) is 0 Å². The maximum absolute atomic E-state index is 6.13. The molecule has 0 radical (unpaired) electrons. The van der Waals surface area contributed by atoms with Crippen LogP contribution in [-0.4, -0.2) is 6.54 Å². The van der Waals surface area contributed by atoms with Crippen LogP contribution in [0.25, 0.3) is 11.0 Å². The molecule has 2 heteroatoms. The molecule has 0 saturated carbocycles. The van der Waals surface area contributed by atoms with Crippen LogP contribution in [0.1, 0.15) is 56.0 Å². The quantitative estimate of drug-likeness (QED) is 0.799. The number of furan rings is 1. The van der Waals surface area contributed by atoms with Gasteiger partial charge in [-0.05, 0) is 50.4 Å². The molecule has 0 amide bonds. The van der Waals surface area contributed by atoms with E-state index in [9.17, 15) is 0 Å². The standard InChI is InChI=1S/C17H25NO/c1-5-7-15(18-10-6-2)16-11-14-9-8-12(3)13(4)17(14)19-16/h8-9,11,15,18H,5-7,10H2,1-4H3. The molecular weight excluding hydrogens is 234 g/mol. The van der Waals surface area contributed by atoms with Crippen LogP contribution in [0.15, 0.2) is 22.6 Å². The summed E-state index contributed by atoms with van der Waals surface area (Å²) in [5.74, 6) is 1.08. The summed E-state index contributed by atoms with van der Waals surface area (Å²) in [6.45, 7) is 9.73. The number of hydrogen-bond donors (Lipinski definition) is 1. The first-order valence-electron chi connectivity index (χ1n) is 7.40. The van der Waals surface area contributed by atoms with Gasteiger partial charge in [-0.25, -0.2) is 0 Å². The molecule has 1 aromatic carbocycles. The third-order valence-electron chi connectivity index (χ3n) is 3.79. The second kappa shape index (κ2) is 6.25. The van der Waals surface area contributed by atoms with Gasteiger partial charge in [0, 0.05) is 5.39 Å². The molecular formula is C17H25NO. The van der Waals surface area contributed by atoms with E-state index in [0.717, 1.165) is 37.2 Å². The van der Waals surface area contributed by atoms with Crippen molar-refractivity contribution in [3.8, 4) is 0 Å². The van der Waals surface area contributed by atoms with Gasteiger partial charge >= 0.3 is 0 Å². The average molecular weight is 259 g/mol. The minimum Gasteiger partial charge on any atom is -0.459 e. The Morgan fingerprint density at radius 3 is 2.63 bits per heavy atom. The third kappa shape index (κ3) is 3.01. The maximum atomic E-state index is 6.13. The van der Waals surface area contributed by atoms with Crippen molar-refractivity contribution in [2.75, 3.05) is 6.54 Å². The Balaban J connectivity index is 2.34. The Morgan fingerprint density at radius 2 is 1.95 bits per heavy atom. The molecule has 2 aromatic rings. The van der Waals surface area contributed by atoms with E-state index in [1.807, 2.05) is 0 Å². The number of hydrogen-bond acceptors (Lipinski definition) is 2. The number of rotatable bonds is 6. The second-order valence-electron chi connectivity index (χ2n) is 5.37. The van der Waals surface area contributed by atoms with Crippen LogP contribution >= 0.6 is 0 Å². The van der Waals surface area contributed by atoms with Crippen LogP contribution in [-0.2, 0) is 0 Å². The van der Waals surface area contributed by atoms with Gasteiger partial charge in [-0.3, -0.25) is 0 Å². The third-order valence-corrected chi connectivity index (χ3v) is 3.79. The van der Waals surface area contributed by atoms with Crippen LogP contribution < -0.4 is 5.32 Å². The lowest BCUT2D eigenvalue weighted by atomic mass is 10.1. The molecule has 1 aromatic heterocycles. The summed E-state index contributed by atoms with van der Waals surface area (Å²) < 4.78 is 6.13. The number of nitrogens with one attached hydrogen (secondary N) is 1. The fraction of sp³-hybridized carbons (Fsp3) is 0.529. The first-order chi connectivity index (χ1) is 9.17. The van der Waals surface area contributed by atoms with Crippen molar-refractivity contribution in [2.45, 2.75) is 53.0 Å². The first-order valence-corrected chi connectivity index (χ1v) is 7.40. The van der Waals surface area contributed by atoms with Gasteiger partial charge in [0.2, 0.25) is 0 Å². The van der Waals surface area contributed by atoms with Gasteiger partial charge in [0.15, 0.2) is 0 Å². The Kier molecular flexibility index (Phi) is 4.65. The molecule has 0 aliphatic carbocycles. The SMILES string of the molecule is CCCNC(CCC)c1cc2ccc(C)c(C)c2o1. The lowest BCUT2D eigenvalue weighted by Gasteiger charge is -2.14. The summed E-state index contributed by atoms with van der Waals surface area (Å²) in [4.78, 5) is 0. The lowest BCUT2D eigenvalue weighted by Crippen LogP contribution is -2.21. The molecule has 0 bridgehead atoms. The highest BCUT2D eigenvalue weighted by Crippen LogP contribution is 2.29. The van der Waals surface area contributed by atoms with Crippen molar-refractivity contribution in [3.63, 3.8) is 0 Å². The zero-order chi connectivity index (χ0) is 13.8. The highest BCUT2D eigenvalue weighted by Gasteiger charge is 2.16. The normalized spacial score (nSPS) is 13.1. The average Bonchev–Trinajstić information content (AvgIpc) is 2.83. The molecule has 0 spiro atoms. The Hall–Kier alpha value is -1.28. The van der Waals surface area contributed by atoms with Crippen LogP contribution in [0.4, 0.5) is 0 Å². The number of fused-ring (bicyclic) bond motifs is 1. The number of aryl methyl sites for hydroxylation is 2. The van der Waals surface area contributed by atoms with Crippen LogP contribution in [0.3, 0.4) is 0 Å². The molecule has 1 N–H and O–H groups in total. The van der Waals surface area contributed by atoms with Gasteiger partial charge in [-0.15, -0.1) is 0 Å². The summed E-state index contributed by atoms with van der Waals surface area (Å²) in [6, 6.07) is 6.88. The van der Waals surface area contributed by atoms with E-state index in [0.29, 0.717) is 6.04 Å². The maximum Gasteiger partial charge on any atom is 0.137 e. The molecule has 2 nitrogen and oxygen atoms in total. The van der Waals surface area contributed by atoms with Crippen molar-refractivity contribution in [3.05, 3.63) is 35.1 Å². The van der Waals surface area contributed by atoms with E-state index in [2.05, 4.69) is 51.2 Å². The smallest absolute Gasteiger partial charge is 0.137 e. The van der Waals surface area contributed by atoms with E-state index in [4.69, 9.17) is 4.42 Å². The van der Waals surface area contributed by atoms with Crippen molar-refractivity contribution in [1.29, 1.82) is 0 Å². The molecule has 1 unspecified atom stereocenters. The second-order valence-corrected chi connectivity index (χ2v) is 5.37. The largest absolute Gasteiger partial charge is 0.459 e. The molecule has 0 saturated heterocycles. The zero-order valence-electron chi connectivity index (χ0n) is 12.5. The predicted molar refractivity (Wildman–Crippen MR) is 81.6 cm³/mol. The lowest BCUT2D eigenvalue weighted by molar-refractivity contribution is 0.407. The van der Waals surface area contributed by atoms with Crippen LogP contribution in [0.2, 0.25) is 0 Å². The van der Waals surface area contributed by atoms with Gasteiger partial charge in [0.1, 0.15) is 11.3 Å². The van der Waals surface area contributed by atoms with Crippen LogP contribution in [0, 0.1) is 13.8 Å². The van der Waals surface area contributed by atoms with Crippen molar-refractivity contribution in [2.24, 2.45) is 0 Å². The summed E-state index contributed by atoms with van der Waals surface area (Å²) in [7, 11) is 0. The minimum atomic E-state index is 0.344. The monoisotopic (exact) mass is 259 g/mol. The zero-order valence-corrected chi connectivity index (χ0v) is 12.5. The fourth-order valence-corrected chi connectivity index (χ4v) is 2.48. The van der Waals surface area contributed by atoms with E-state index in [-0.39, 0.29) is 0 Å². The Morgan fingerprint density at radius 1 is 1.16 bits per heavy atom. The molecule has 2 rings (SSSR count). The predicted octanol–water partition coefficient (Wildman–Crippen LogP) is 4.89. The van der Waals surface area contributed by atoms with E-state index < -0.39 is 0 Å². The Labute approximate surface area is 116 Å². The van der Waals surface area contributed by atoms with Crippen molar-refractivity contribution in [1.82, 2.24) is 5.32 Å². The Bertz CT molecular complexity index is 541. The first kappa shape index (κ1) is 14.1. The highest BCUT2D eigenvalue weighted by atomic mass is 16.3. The summed E-state index contributed by atoms with van der Waals surface area (Å²) >= 11 is 0. The molecule has 104 valence electrons.